The molecule has 0 bridgehead atoms. The third-order valence-corrected chi connectivity index (χ3v) is 4.14. The van der Waals surface area contributed by atoms with Gasteiger partial charge in [-0.25, -0.2) is 4.39 Å². The molecule has 0 radical (unpaired) electrons. The molecule has 0 heterocycles. The molecule has 0 aliphatic rings. The van der Waals surface area contributed by atoms with Crippen LogP contribution in [0.3, 0.4) is 0 Å². The van der Waals surface area contributed by atoms with Gasteiger partial charge in [-0.3, -0.25) is 0 Å². The Morgan fingerprint density at radius 2 is 1.95 bits per heavy atom. The molecule has 0 amide bonds. The normalized spacial score (nSPS) is 12.4. The van der Waals surface area contributed by atoms with Crippen molar-refractivity contribution in [3.63, 3.8) is 0 Å². The van der Waals surface area contributed by atoms with E-state index in [4.69, 9.17) is 23.2 Å². The predicted molar refractivity (Wildman–Crippen MR) is 86.1 cm³/mol. The second-order valence-corrected chi connectivity index (χ2v) is 6.03. The Morgan fingerprint density at radius 1 is 1.20 bits per heavy atom. The van der Waals surface area contributed by atoms with E-state index >= 15 is 0 Å². The summed E-state index contributed by atoms with van der Waals surface area (Å²) in [7, 11) is 0. The van der Waals surface area contributed by atoms with Crippen LogP contribution in [0.2, 0.25) is 10.0 Å². The molecule has 0 aliphatic carbocycles. The second-order valence-electron chi connectivity index (χ2n) is 4.33. The number of benzene rings is 2. The van der Waals surface area contributed by atoms with Crippen LogP contribution in [0.5, 0.6) is 0 Å². The molecule has 20 heavy (non-hydrogen) atoms. The summed E-state index contributed by atoms with van der Waals surface area (Å²) in [4.78, 5) is 0. The Labute approximate surface area is 136 Å². The minimum Gasteiger partial charge on any atom is -0.306 e. The highest BCUT2D eigenvalue weighted by Crippen LogP contribution is 2.32. The van der Waals surface area contributed by atoms with Crippen molar-refractivity contribution in [2.75, 3.05) is 6.54 Å². The van der Waals surface area contributed by atoms with Crippen LogP contribution in [0.25, 0.3) is 0 Å². The van der Waals surface area contributed by atoms with E-state index in [1.165, 1.54) is 6.07 Å². The van der Waals surface area contributed by atoms with Crippen LogP contribution in [0, 0.1) is 5.82 Å². The zero-order valence-electron chi connectivity index (χ0n) is 10.8. The standard InChI is InChI=1S/C15H13BrCl2FN/c1-2-20-15(9-3-6-14(19)12(16)7-9)11-8-10(17)4-5-13(11)18/h3-8,15,20H,2H2,1H3. The number of hydrogen-bond donors (Lipinski definition) is 1. The van der Waals surface area contributed by atoms with Crippen molar-refractivity contribution >= 4 is 39.1 Å². The summed E-state index contributed by atoms with van der Waals surface area (Å²) in [5.41, 5.74) is 1.80. The molecule has 1 N–H and O–H groups in total. The maximum Gasteiger partial charge on any atom is 0.137 e. The van der Waals surface area contributed by atoms with Gasteiger partial charge in [-0.05, 0) is 63.9 Å². The third-order valence-electron chi connectivity index (χ3n) is 2.95. The van der Waals surface area contributed by atoms with Crippen LogP contribution >= 0.6 is 39.1 Å². The zero-order chi connectivity index (χ0) is 14.7. The van der Waals surface area contributed by atoms with Gasteiger partial charge in [-0.1, -0.05) is 36.2 Å². The highest BCUT2D eigenvalue weighted by molar-refractivity contribution is 9.10. The van der Waals surface area contributed by atoms with Crippen molar-refractivity contribution in [1.29, 1.82) is 0 Å². The first kappa shape index (κ1) is 15.8. The van der Waals surface area contributed by atoms with Gasteiger partial charge in [-0.2, -0.15) is 0 Å². The fourth-order valence-corrected chi connectivity index (χ4v) is 2.84. The van der Waals surface area contributed by atoms with Crippen molar-refractivity contribution in [2.45, 2.75) is 13.0 Å². The maximum atomic E-state index is 13.4. The molecule has 1 atom stereocenters. The van der Waals surface area contributed by atoms with Gasteiger partial charge in [0.1, 0.15) is 5.82 Å². The van der Waals surface area contributed by atoms with Crippen molar-refractivity contribution in [1.82, 2.24) is 5.32 Å². The second kappa shape index (κ2) is 6.90. The monoisotopic (exact) mass is 375 g/mol. The molecule has 5 heteroatoms. The lowest BCUT2D eigenvalue weighted by molar-refractivity contribution is 0.608. The highest BCUT2D eigenvalue weighted by Gasteiger charge is 2.17. The number of rotatable bonds is 4. The first-order valence-electron chi connectivity index (χ1n) is 6.16. The number of halogens is 4. The minimum atomic E-state index is -0.291. The maximum absolute atomic E-state index is 13.4. The summed E-state index contributed by atoms with van der Waals surface area (Å²) >= 11 is 15.5. The van der Waals surface area contributed by atoms with E-state index in [2.05, 4.69) is 21.2 Å². The summed E-state index contributed by atoms with van der Waals surface area (Å²) in [6, 6.07) is 10.1. The van der Waals surface area contributed by atoms with Crippen molar-refractivity contribution in [2.24, 2.45) is 0 Å². The van der Waals surface area contributed by atoms with Gasteiger partial charge in [-0.15, -0.1) is 0 Å². The molecule has 0 aliphatic heterocycles. The Kier molecular flexibility index (Phi) is 5.44. The summed E-state index contributed by atoms with van der Waals surface area (Å²) in [5.74, 6) is -0.291. The SMILES string of the molecule is CCNC(c1ccc(F)c(Br)c1)c1cc(Cl)ccc1Cl. The van der Waals surface area contributed by atoms with Crippen LogP contribution in [-0.2, 0) is 0 Å². The van der Waals surface area contributed by atoms with Crippen LogP contribution in [0.1, 0.15) is 24.1 Å². The first-order valence-corrected chi connectivity index (χ1v) is 7.71. The molecule has 0 saturated heterocycles. The molecular formula is C15H13BrCl2FN. The lowest BCUT2D eigenvalue weighted by Crippen LogP contribution is -2.22. The average Bonchev–Trinajstić information content (AvgIpc) is 2.42. The van der Waals surface area contributed by atoms with Crippen molar-refractivity contribution in [3.8, 4) is 0 Å². The fraction of sp³-hybridized carbons (Fsp3) is 0.200. The van der Waals surface area contributed by atoms with Gasteiger partial charge in [0.15, 0.2) is 0 Å². The van der Waals surface area contributed by atoms with E-state index in [0.29, 0.717) is 14.5 Å². The molecule has 0 fully saturated rings. The van der Waals surface area contributed by atoms with Gasteiger partial charge < -0.3 is 5.32 Å². The smallest absolute Gasteiger partial charge is 0.137 e. The third kappa shape index (κ3) is 3.53. The van der Waals surface area contributed by atoms with Crippen LogP contribution < -0.4 is 5.32 Å². The van der Waals surface area contributed by atoms with Gasteiger partial charge in [0.05, 0.1) is 10.5 Å². The van der Waals surface area contributed by atoms with Crippen LogP contribution in [0.15, 0.2) is 40.9 Å². The first-order chi connectivity index (χ1) is 9.52. The highest BCUT2D eigenvalue weighted by atomic mass is 79.9. The number of hydrogen-bond acceptors (Lipinski definition) is 1. The van der Waals surface area contributed by atoms with Gasteiger partial charge in [0.2, 0.25) is 0 Å². The topological polar surface area (TPSA) is 12.0 Å². The lowest BCUT2D eigenvalue weighted by atomic mass is 9.98. The van der Waals surface area contributed by atoms with Gasteiger partial charge in [0, 0.05) is 10.0 Å². The quantitative estimate of drug-likeness (QED) is 0.732. The van der Waals surface area contributed by atoms with E-state index < -0.39 is 0 Å². The van der Waals surface area contributed by atoms with E-state index in [1.54, 1.807) is 24.3 Å². The van der Waals surface area contributed by atoms with Gasteiger partial charge in [0.25, 0.3) is 0 Å². The predicted octanol–water partition coefficient (Wildman–Crippen LogP) is 5.59. The van der Waals surface area contributed by atoms with Crippen LogP contribution in [-0.4, -0.2) is 6.54 Å². The molecule has 106 valence electrons. The summed E-state index contributed by atoms with van der Waals surface area (Å²) in [6.07, 6.45) is 0. The number of nitrogens with one attached hydrogen (secondary N) is 1. The molecule has 0 saturated carbocycles. The Morgan fingerprint density at radius 3 is 2.60 bits per heavy atom. The summed E-state index contributed by atoms with van der Waals surface area (Å²) < 4.78 is 13.8. The fourth-order valence-electron chi connectivity index (χ4n) is 2.04. The molecular weight excluding hydrogens is 364 g/mol. The molecule has 0 spiro atoms. The van der Waals surface area contributed by atoms with E-state index in [0.717, 1.165) is 17.7 Å². The lowest BCUT2D eigenvalue weighted by Gasteiger charge is -2.21. The molecule has 2 aromatic carbocycles. The Balaban J connectivity index is 2.49. The zero-order valence-corrected chi connectivity index (χ0v) is 13.9. The minimum absolute atomic E-state index is 0.136. The summed E-state index contributed by atoms with van der Waals surface area (Å²) in [5, 5.41) is 4.59. The molecule has 1 unspecified atom stereocenters. The largest absolute Gasteiger partial charge is 0.306 e. The molecule has 2 aromatic rings. The Hall–Kier alpha value is -0.610. The molecule has 2 rings (SSSR count). The van der Waals surface area contributed by atoms with E-state index in [-0.39, 0.29) is 11.9 Å². The summed E-state index contributed by atoms with van der Waals surface area (Å²) in [6.45, 7) is 2.76. The van der Waals surface area contributed by atoms with Crippen molar-refractivity contribution in [3.05, 3.63) is 67.9 Å². The molecule has 1 nitrogen and oxygen atoms in total. The Bertz CT molecular complexity index is 619. The van der Waals surface area contributed by atoms with E-state index in [1.807, 2.05) is 13.0 Å². The van der Waals surface area contributed by atoms with E-state index in [9.17, 15) is 4.39 Å². The molecule has 0 aromatic heterocycles. The van der Waals surface area contributed by atoms with Gasteiger partial charge >= 0.3 is 0 Å². The van der Waals surface area contributed by atoms with Crippen molar-refractivity contribution < 1.29 is 4.39 Å². The van der Waals surface area contributed by atoms with Crippen LogP contribution in [0.4, 0.5) is 4.39 Å². The average molecular weight is 377 g/mol.